The molecule has 0 fully saturated rings. The Balaban J connectivity index is 1.86. The zero-order valence-corrected chi connectivity index (χ0v) is 10.4. The van der Waals surface area contributed by atoms with Crippen LogP contribution in [-0.4, -0.2) is 29.5 Å². The molecule has 2 N–H and O–H groups in total. The first kappa shape index (κ1) is 11.4. The fraction of sp³-hybridized carbons (Fsp3) is 0.167. The quantitative estimate of drug-likeness (QED) is 0.696. The minimum absolute atomic E-state index is 0.534. The minimum Gasteiger partial charge on any atom is -0.399 e. The Labute approximate surface area is 109 Å². The number of hydrogen-bond acceptors (Lipinski definition) is 5. The molecule has 0 aliphatic rings. The van der Waals surface area contributed by atoms with Crippen molar-refractivity contribution < 1.29 is 0 Å². The van der Waals surface area contributed by atoms with E-state index < -0.39 is 0 Å². The predicted octanol–water partition coefficient (Wildman–Crippen LogP) is 0.704. The van der Waals surface area contributed by atoms with Gasteiger partial charge in [-0.1, -0.05) is 12.1 Å². The van der Waals surface area contributed by atoms with Crippen molar-refractivity contribution in [3.05, 3.63) is 42.7 Å². The molecule has 7 nitrogen and oxygen atoms in total. The maximum atomic E-state index is 5.75. The zero-order chi connectivity index (χ0) is 13.2. The van der Waals surface area contributed by atoms with Gasteiger partial charge in [0.1, 0.15) is 25.0 Å². The molecular weight excluding hydrogens is 242 g/mol. The topological polar surface area (TPSA) is 87.4 Å². The molecule has 0 atom stereocenters. The summed E-state index contributed by atoms with van der Waals surface area (Å²) in [5, 5.41) is 8.42. The SMILES string of the molecule is Cn1ncnc1Cn1cnc(-c2cccc(N)c2)n1. The van der Waals surface area contributed by atoms with Gasteiger partial charge in [-0.3, -0.25) is 4.68 Å². The number of hydrogen-bond donors (Lipinski definition) is 1. The first-order valence-electron chi connectivity index (χ1n) is 5.80. The molecular formula is C12H13N7. The molecule has 0 spiro atoms. The lowest BCUT2D eigenvalue weighted by molar-refractivity contribution is 0.608. The van der Waals surface area contributed by atoms with Crippen molar-refractivity contribution in [2.24, 2.45) is 7.05 Å². The molecule has 1 aromatic carbocycles. The van der Waals surface area contributed by atoms with Crippen LogP contribution in [0.2, 0.25) is 0 Å². The number of nitrogens with zero attached hydrogens (tertiary/aromatic N) is 6. The van der Waals surface area contributed by atoms with Gasteiger partial charge in [0.15, 0.2) is 5.82 Å². The second kappa shape index (κ2) is 4.52. The van der Waals surface area contributed by atoms with Crippen LogP contribution in [0.25, 0.3) is 11.4 Å². The van der Waals surface area contributed by atoms with Gasteiger partial charge < -0.3 is 5.73 Å². The van der Waals surface area contributed by atoms with Gasteiger partial charge in [-0.05, 0) is 12.1 Å². The number of aromatic nitrogens is 6. The highest BCUT2D eigenvalue weighted by Gasteiger charge is 2.07. The van der Waals surface area contributed by atoms with Crippen LogP contribution in [0.3, 0.4) is 0 Å². The second-order valence-electron chi connectivity index (χ2n) is 4.19. The number of benzene rings is 1. The highest BCUT2D eigenvalue weighted by atomic mass is 15.4. The van der Waals surface area contributed by atoms with Crippen LogP contribution in [0.4, 0.5) is 5.69 Å². The van der Waals surface area contributed by atoms with E-state index in [9.17, 15) is 0 Å². The first-order valence-corrected chi connectivity index (χ1v) is 5.80. The summed E-state index contributed by atoms with van der Waals surface area (Å²) in [5.41, 5.74) is 7.34. The van der Waals surface area contributed by atoms with Crippen molar-refractivity contribution in [2.75, 3.05) is 5.73 Å². The van der Waals surface area contributed by atoms with Crippen LogP contribution in [0, 0.1) is 0 Å². The normalized spacial score (nSPS) is 10.8. The molecule has 2 aromatic heterocycles. The highest BCUT2D eigenvalue weighted by molar-refractivity contribution is 5.60. The molecule has 3 aromatic rings. The molecule has 0 aliphatic heterocycles. The van der Waals surface area contributed by atoms with Crippen molar-refractivity contribution in [2.45, 2.75) is 6.54 Å². The largest absolute Gasteiger partial charge is 0.399 e. The summed E-state index contributed by atoms with van der Waals surface area (Å²) in [6.45, 7) is 0.534. The Morgan fingerprint density at radius 2 is 2.16 bits per heavy atom. The molecule has 7 heteroatoms. The van der Waals surface area contributed by atoms with Crippen molar-refractivity contribution in [3.63, 3.8) is 0 Å². The molecule has 96 valence electrons. The lowest BCUT2D eigenvalue weighted by Crippen LogP contribution is -2.07. The van der Waals surface area contributed by atoms with Crippen molar-refractivity contribution in [3.8, 4) is 11.4 Å². The Bertz CT molecular complexity index is 697. The Hall–Kier alpha value is -2.70. The summed E-state index contributed by atoms with van der Waals surface area (Å²) in [6.07, 6.45) is 3.19. The lowest BCUT2D eigenvalue weighted by Gasteiger charge is -2.00. The molecule has 0 saturated heterocycles. The van der Waals surface area contributed by atoms with Crippen LogP contribution >= 0.6 is 0 Å². The molecule has 0 aliphatic carbocycles. The van der Waals surface area contributed by atoms with E-state index in [1.165, 1.54) is 6.33 Å². The maximum absolute atomic E-state index is 5.75. The van der Waals surface area contributed by atoms with Crippen LogP contribution in [0.1, 0.15) is 5.82 Å². The summed E-state index contributed by atoms with van der Waals surface area (Å²) in [6, 6.07) is 7.49. The van der Waals surface area contributed by atoms with Crippen molar-refractivity contribution in [1.82, 2.24) is 29.5 Å². The van der Waals surface area contributed by atoms with E-state index >= 15 is 0 Å². The van der Waals surface area contributed by atoms with Gasteiger partial charge >= 0.3 is 0 Å². The van der Waals surface area contributed by atoms with Gasteiger partial charge in [0.05, 0.1) is 0 Å². The molecule has 0 bridgehead atoms. The van der Waals surface area contributed by atoms with E-state index in [-0.39, 0.29) is 0 Å². The first-order chi connectivity index (χ1) is 9.22. The van der Waals surface area contributed by atoms with Crippen LogP contribution < -0.4 is 5.73 Å². The van der Waals surface area contributed by atoms with Crippen molar-refractivity contribution in [1.29, 1.82) is 0 Å². The third kappa shape index (κ3) is 2.30. The van der Waals surface area contributed by atoms with Crippen LogP contribution in [0.15, 0.2) is 36.9 Å². The third-order valence-corrected chi connectivity index (χ3v) is 2.79. The van der Waals surface area contributed by atoms with E-state index in [0.717, 1.165) is 11.4 Å². The molecule has 3 rings (SSSR count). The molecule has 19 heavy (non-hydrogen) atoms. The van der Waals surface area contributed by atoms with Gasteiger partial charge in [-0.2, -0.15) is 10.2 Å². The van der Waals surface area contributed by atoms with Crippen LogP contribution in [-0.2, 0) is 13.6 Å². The Morgan fingerprint density at radius 3 is 2.89 bits per heavy atom. The summed E-state index contributed by atoms with van der Waals surface area (Å²) >= 11 is 0. The smallest absolute Gasteiger partial charge is 0.181 e. The second-order valence-corrected chi connectivity index (χ2v) is 4.19. The Morgan fingerprint density at radius 1 is 1.26 bits per heavy atom. The molecule has 0 unspecified atom stereocenters. The monoisotopic (exact) mass is 255 g/mol. The fourth-order valence-corrected chi connectivity index (χ4v) is 1.79. The predicted molar refractivity (Wildman–Crippen MR) is 70.0 cm³/mol. The average molecular weight is 255 g/mol. The molecule has 0 radical (unpaired) electrons. The number of nitrogens with two attached hydrogens (primary N) is 1. The number of anilines is 1. The summed E-state index contributed by atoms with van der Waals surface area (Å²) < 4.78 is 3.43. The average Bonchev–Trinajstić information content (AvgIpc) is 3.00. The summed E-state index contributed by atoms with van der Waals surface area (Å²) in [7, 11) is 1.85. The van der Waals surface area contributed by atoms with E-state index in [1.54, 1.807) is 15.7 Å². The minimum atomic E-state index is 0.534. The molecule has 2 heterocycles. The van der Waals surface area contributed by atoms with E-state index in [0.29, 0.717) is 18.1 Å². The standard InChI is InChI=1S/C12H13N7/c1-18-11(14-7-16-18)6-19-8-15-12(17-19)9-3-2-4-10(13)5-9/h2-5,7-8H,6,13H2,1H3. The van der Waals surface area contributed by atoms with Gasteiger partial charge in [0.25, 0.3) is 0 Å². The zero-order valence-electron chi connectivity index (χ0n) is 10.4. The molecule has 0 amide bonds. The number of aryl methyl sites for hydroxylation is 1. The lowest BCUT2D eigenvalue weighted by atomic mass is 10.2. The maximum Gasteiger partial charge on any atom is 0.181 e. The van der Waals surface area contributed by atoms with Gasteiger partial charge in [0.2, 0.25) is 0 Å². The van der Waals surface area contributed by atoms with Crippen LogP contribution in [0.5, 0.6) is 0 Å². The van der Waals surface area contributed by atoms with Gasteiger partial charge in [-0.25, -0.2) is 14.6 Å². The fourth-order valence-electron chi connectivity index (χ4n) is 1.79. The van der Waals surface area contributed by atoms with Crippen molar-refractivity contribution >= 4 is 5.69 Å². The van der Waals surface area contributed by atoms with E-state index in [2.05, 4.69) is 20.2 Å². The number of nitrogen functional groups attached to an aromatic ring is 1. The Kier molecular flexibility index (Phi) is 2.71. The number of rotatable bonds is 3. The molecule has 0 saturated carbocycles. The summed E-state index contributed by atoms with van der Waals surface area (Å²) in [4.78, 5) is 8.43. The summed E-state index contributed by atoms with van der Waals surface area (Å²) in [5.74, 6) is 1.47. The highest BCUT2D eigenvalue weighted by Crippen LogP contribution is 2.17. The van der Waals surface area contributed by atoms with E-state index in [1.807, 2.05) is 31.3 Å². The van der Waals surface area contributed by atoms with E-state index in [4.69, 9.17) is 5.73 Å². The van der Waals surface area contributed by atoms with Gasteiger partial charge in [0, 0.05) is 18.3 Å². The van der Waals surface area contributed by atoms with Gasteiger partial charge in [-0.15, -0.1) is 0 Å². The third-order valence-electron chi connectivity index (χ3n) is 2.79.